The number of nitrogens with two attached hydrogens (primary N) is 1. The average molecular weight is 278 g/mol. The summed E-state index contributed by atoms with van der Waals surface area (Å²) in [6.45, 7) is 1.02. The van der Waals surface area contributed by atoms with Gasteiger partial charge in [-0.1, -0.05) is 18.2 Å². The van der Waals surface area contributed by atoms with Crippen LogP contribution in [-0.2, 0) is 9.53 Å². The van der Waals surface area contributed by atoms with Crippen LogP contribution in [0.15, 0.2) is 30.3 Å². The largest absolute Gasteiger partial charge is 0.491 e. The molecule has 0 saturated heterocycles. The van der Waals surface area contributed by atoms with E-state index >= 15 is 0 Å². The van der Waals surface area contributed by atoms with E-state index in [4.69, 9.17) is 15.2 Å². The standard InChI is InChI=1S/C15H22N2O3/c1-17-15(14(16)18)8-7-13(11-15)20-10-9-19-12-5-3-2-4-6-12/h2-6,13,17H,7-11H2,1H3,(H2,16,18). The molecule has 1 saturated carbocycles. The monoisotopic (exact) mass is 278 g/mol. The van der Waals surface area contributed by atoms with Crippen LogP contribution in [0.5, 0.6) is 5.75 Å². The normalized spacial score (nSPS) is 25.6. The summed E-state index contributed by atoms with van der Waals surface area (Å²) in [5, 5.41) is 3.04. The lowest BCUT2D eigenvalue weighted by atomic mass is 9.97. The summed E-state index contributed by atoms with van der Waals surface area (Å²) in [4.78, 5) is 11.5. The van der Waals surface area contributed by atoms with Gasteiger partial charge in [0.15, 0.2) is 0 Å². The van der Waals surface area contributed by atoms with Gasteiger partial charge in [0.2, 0.25) is 5.91 Å². The van der Waals surface area contributed by atoms with Crippen LogP contribution in [0.3, 0.4) is 0 Å². The quantitative estimate of drug-likeness (QED) is 0.732. The molecule has 2 atom stereocenters. The van der Waals surface area contributed by atoms with Gasteiger partial charge in [-0.25, -0.2) is 0 Å². The Bertz CT molecular complexity index is 438. The lowest BCUT2D eigenvalue weighted by molar-refractivity contribution is -0.124. The third-order valence-electron chi connectivity index (χ3n) is 3.87. The summed E-state index contributed by atoms with van der Waals surface area (Å²) in [6.07, 6.45) is 2.26. The first-order chi connectivity index (χ1) is 9.66. The highest BCUT2D eigenvalue weighted by atomic mass is 16.5. The number of primary amides is 1. The van der Waals surface area contributed by atoms with Gasteiger partial charge in [-0.2, -0.15) is 0 Å². The highest BCUT2D eigenvalue weighted by Gasteiger charge is 2.43. The topological polar surface area (TPSA) is 73.6 Å². The van der Waals surface area contributed by atoms with Crippen molar-refractivity contribution in [1.82, 2.24) is 5.32 Å². The van der Waals surface area contributed by atoms with Crippen molar-refractivity contribution in [1.29, 1.82) is 0 Å². The predicted octanol–water partition coefficient (Wildman–Crippen LogP) is 1.08. The van der Waals surface area contributed by atoms with Gasteiger partial charge in [-0.3, -0.25) is 4.79 Å². The third kappa shape index (κ3) is 3.49. The van der Waals surface area contributed by atoms with Crippen LogP contribution < -0.4 is 15.8 Å². The van der Waals surface area contributed by atoms with Crippen molar-refractivity contribution in [3.63, 3.8) is 0 Å². The maximum Gasteiger partial charge on any atom is 0.237 e. The Labute approximate surface area is 119 Å². The zero-order chi connectivity index (χ0) is 14.4. The average Bonchev–Trinajstić information content (AvgIpc) is 2.90. The van der Waals surface area contributed by atoms with Crippen molar-refractivity contribution in [2.45, 2.75) is 30.9 Å². The number of hydrogen-bond donors (Lipinski definition) is 2. The highest BCUT2D eigenvalue weighted by molar-refractivity contribution is 5.85. The van der Waals surface area contributed by atoms with Crippen LogP contribution in [0.1, 0.15) is 19.3 Å². The number of carbonyl (C=O) groups excluding carboxylic acids is 1. The Morgan fingerprint density at radius 3 is 2.75 bits per heavy atom. The molecule has 110 valence electrons. The number of benzene rings is 1. The van der Waals surface area contributed by atoms with Crippen LogP contribution in [0.2, 0.25) is 0 Å². The second-order valence-corrected chi connectivity index (χ2v) is 5.09. The van der Waals surface area contributed by atoms with Gasteiger partial charge in [-0.15, -0.1) is 0 Å². The minimum Gasteiger partial charge on any atom is -0.491 e. The zero-order valence-electron chi connectivity index (χ0n) is 11.8. The fourth-order valence-corrected chi connectivity index (χ4v) is 2.61. The first-order valence-electron chi connectivity index (χ1n) is 6.94. The number of ether oxygens (including phenoxy) is 2. The molecule has 1 aromatic carbocycles. The fourth-order valence-electron chi connectivity index (χ4n) is 2.61. The first kappa shape index (κ1) is 14.8. The van der Waals surface area contributed by atoms with Crippen molar-refractivity contribution in [2.24, 2.45) is 5.73 Å². The molecular weight excluding hydrogens is 256 g/mol. The molecule has 1 aromatic rings. The van der Waals surface area contributed by atoms with Crippen LogP contribution in [0.25, 0.3) is 0 Å². The van der Waals surface area contributed by atoms with Gasteiger partial charge in [0.25, 0.3) is 0 Å². The lowest BCUT2D eigenvalue weighted by Crippen LogP contribution is -2.52. The molecule has 5 nitrogen and oxygen atoms in total. The van der Waals surface area contributed by atoms with Gasteiger partial charge in [0.05, 0.1) is 18.2 Å². The molecule has 0 aliphatic heterocycles. The SMILES string of the molecule is CNC1(C(N)=O)CCC(OCCOc2ccccc2)C1. The van der Waals surface area contributed by atoms with E-state index in [9.17, 15) is 4.79 Å². The predicted molar refractivity (Wildman–Crippen MR) is 76.5 cm³/mol. The maximum atomic E-state index is 11.5. The van der Waals surface area contributed by atoms with E-state index in [1.165, 1.54) is 0 Å². The lowest BCUT2D eigenvalue weighted by Gasteiger charge is -2.24. The summed E-state index contributed by atoms with van der Waals surface area (Å²) in [7, 11) is 1.77. The molecule has 1 amide bonds. The molecule has 0 spiro atoms. The number of rotatable bonds is 7. The van der Waals surface area contributed by atoms with Crippen molar-refractivity contribution in [3.05, 3.63) is 30.3 Å². The van der Waals surface area contributed by atoms with Crippen LogP contribution in [-0.4, -0.2) is 37.8 Å². The molecule has 3 N–H and O–H groups in total. The van der Waals surface area contributed by atoms with E-state index in [1.54, 1.807) is 7.05 Å². The van der Waals surface area contributed by atoms with E-state index < -0.39 is 5.54 Å². The summed E-state index contributed by atoms with van der Waals surface area (Å²) in [5.74, 6) is 0.538. The van der Waals surface area contributed by atoms with Gasteiger partial charge in [0, 0.05) is 6.42 Å². The van der Waals surface area contributed by atoms with Crippen LogP contribution >= 0.6 is 0 Å². The van der Waals surface area contributed by atoms with Crippen molar-refractivity contribution >= 4 is 5.91 Å². The van der Waals surface area contributed by atoms with Crippen LogP contribution in [0, 0.1) is 0 Å². The molecule has 5 heteroatoms. The summed E-state index contributed by atoms with van der Waals surface area (Å²) < 4.78 is 11.3. The highest BCUT2D eigenvalue weighted by Crippen LogP contribution is 2.31. The van der Waals surface area contributed by atoms with E-state index in [0.29, 0.717) is 19.6 Å². The Kier molecular flexibility index (Phi) is 4.98. The summed E-state index contributed by atoms with van der Waals surface area (Å²) in [5.41, 5.74) is 4.85. The summed E-state index contributed by atoms with van der Waals surface area (Å²) >= 11 is 0. The van der Waals surface area contributed by atoms with Crippen molar-refractivity contribution in [3.8, 4) is 5.75 Å². The number of nitrogens with one attached hydrogen (secondary N) is 1. The molecular formula is C15H22N2O3. The third-order valence-corrected chi connectivity index (χ3v) is 3.87. The number of carbonyl (C=O) groups is 1. The Morgan fingerprint density at radius 2 is 2.15 bits per heavy atom. The first-order valence-corrected chi connectivity index (χ1v) is 6.94. The smallest absolute Gasteiger partial charge is 0.237 e. The van der Waals surface area contributed by atoms with Crippen molar-refractivity contribution in [2.75, 3.05) is 20.3 Å². The minimum absolute atomic E-state index is 0.0642. The van der Waals surface area contributed by atoms with Gasteiger partial charge < -0.3 is 20.5 Å². The molecule has 0 radical (unpaired) electrons. The van der Waals surface area contributed by atoms with E-state index in [1.807, 2.05) is 30.3 Å². The number of para-hydroxylation sites is 1. The van der Waals surface area contributed by atoms with E-state index in [2.05, 4.69) is 5.32 Å². The molecule has 1 fully saturated rings. The Balaban J connectivity index is 1.70. The number of hydrogen-bond acceptors (Lipinski definition) is 4. The molecule has 0 aromatic heterocycles. The Hall–Kier alpha value is -1.59. The fraction of sp³-hybridized carbons (Fsp3) is 0.533. The second kappa shape index (κ2) is 6.72. The molecule has 0 bridgehead atoms. The maximum absolute atomic E-state index is 11.5. The second-order valence-electron chi connectivity index (χ2n) is 5.09. The van der Waals surface area contributed by atoms with Crippen LogP contribution in [0.4, 0.5) is 0 Å². The van der Waals surface area contributed by atoms with Gasteiger partial charge >= 0.3 is 0 Å². The summed E-state index contributed by atoms with van der Waals surface area (Å²) in [6, 6.07) is 9.63. The van der Waals surface area contributed by atoms with Gasteiger partial charge in [0.1, 0.15) is 12.4 Å². The van der Waals surface area contributed by atoms with Crippen molar-refractivity contribution < 1.29 is 14.3 Å². The number of likely N-dealkylation sites (N-methyl/N-ethyl adjacent to an activating group) is 1. The number of amides is 1. The Morgan fingerprint density at radius 1 is 1.40 bits per heavy atom. The van der Waals surface area contributed by atoms with E-state index in [-0.39, 0.29) is 12.0 Å². The molecule has 2 rings (SSSR count). The van der Waals surface area contributed by atoms with Gasteiger partial charge in [-0.05, 0) is 32.0 Å². The molecule has 1 aliphatic carbocycles. The molecule has 0 heterocycles. The molecule has 2 unspecified atom stereocenters. The minimum atomic E-state index is -0.606. The van der Waals surface area contributed by atoms with E-state index in [0.717, 1.165) is 18.6 Å². The zero-order valence-corrected chi connectivity index (χ0v) is 11.8. The molecule has 20 heavy (non-hydrogen) atoms. The molecule has 1 aliphatic rings.